The number of methoxy groups -OCH3 is 2. The SMILES string of the molecule is COc1ccc2c(c1OC)C(C)CN(S(=O)(=O)c1ccccc1)CC2. The van der Waals surface area contributed by atoms with Crippen LogP contribution in [-0.4, -0.2) is 40.0 Å². The van der Waals surface area contributed by atoms with Gasteiger partial charge in [-0.3, -0.25) is 0 Å². The molecule has 6 heteroatoms. The van der Waals surface area contributed by atoms with Gasteiger partial charge in [0.1, 0.15) is 0 Å². The zero-order valence-electron chi connectivity index (χ0n) is 14.7. The summed E-state index contributed by atoms with van der Waals surface area (Å²) in [6.45, 7) is 2.89. The van der Waals surface area contributed by atoms with Crippen molar-refractivity contribution in [2.45, 2.75) is 24.2 Å². The van der Waals surface area contributed by atoms with E-state index in [1.807, 2.05) is 25.1 Å². The molecule has 2 aromatic rings. The summed E-state index contributed by atoms with van der Waals surface area (Å²) in [6, 6.07) is 12.5. The summed E-state index contributed by atoms with van der Waals surface area (Å²) >= 11 is 0. The normalized spacial score (nSPS) is 18.3. The van der Waals surface area contributed by atoms with E-state index in [1.54, 1.807) is 42.8 Å². The highest BCUT2D eigenvalue weighted by Crippen LogP contribution is 2.40. The number of fused-ring (bicyclic) bond motifs is 1. The third-order valence-corrected chi connectivity index (χ3v) is 6.54. The summed E-state index contributed by atoms with van der Waals surface area (Å²) in [5.74, 6) is 1.37. The second kappa shape index (κ2) is 7.06. The van der Waals surface area contributed by atoms with Crippen LogP contribution >= 0.6 is 0 Å². The van der Waals surface area contributed by atoms with Crippen molar-refractivity contribution in [3.05, 3.63) is 53.6 Å². The van der Waals surface area contributed by atoms with Gasteiger partial charge in [-0.1, -0.05) is 31.2 Å². The van der Waals surface area contributed by atoms with Crippen LogP contribution in [0.2, 0.25) is 0 Å². The van der Waals surface area contributed by atoms with Crippen LogP contribution < -0.4 is 9.47 Å². The number of nitrogens with zero attached hydrogens (tertiary/aromatic N) is 1. The molecule has 0 amide bonds. The largest absolute Gasteiger partial charge is 0.493 e. The second-order valence-electron chi connectivity index (χ2n) is 6.20. The predicted octanol–water partition coefficient (Wildman–Crippen LogP) is 3.05. The lowest BCUT2D eigenvalue weighted by Gasteiger charge is -2.23. The van der Waals surface area contributed by atoms with Crippen molar-refractivity contribution < 1.29 is 17.9 Å². The third kappa shape index (κ3) is 3.24. The van der Waals surface area contributed by atoms with Gasteiger partial charge in [0, 0.05) is 18.7 Å². The molecule has 1 aliphatic heterocycles. The molecule has 0 bridgehead atoms. The first-order valence-corrected chi connectivity index (χ1v) is 9.72. The van der Waals surface area contributed by atoms with Crippen molar-refractivity contribution in [1.29, 1.82) is 0 Å². The van der Waals surface area contributed by atoms with Gasteiger partial charge in [-0.05, 0) is 36.1 Å². The molecule has 1 heterocycles. The van der Waals surface area contributed by atoms with E-state index in [0.29, 0.717) is 35.9 Å². The van der Waals surface area contributed by atoms with Crippen LogP contribution in [0.5, 0.6) is 11.5 Å². The van der Waals surface area contributed by atoms with Crippen molar-refractivity contribution in [3.63, 3.8) is 0 Å². The highest BCUT2D eigenvalue weighted by Gasteiger charge is 2.31. The van der Waals surface area contributed by atoms with Gasteiger partial charge in [0.2, 0.25) is 10.0 Å². The molecule has 0 aliphatic carbocycles. The van der Waals surface area contributed by atoms with Gasteiger partial charge in [0.15, 0.2) is 11.5 Å². The summed E-state index contributed by atoms with van der Waals surface area (Å²) in [5.41, 5.74) is 2.14. The lowest BCUT2D eigenvalue weighted by molar-refractivity contribution is 0.347. The fraction of sp³-hybridized carbons (Fsp3) is 0.368. The Morgan fingerprint density at radius 1 is 1.04 bits per heavy atom. The average Bonchev–Trinajstić information content (AvgIpc) is 2.81. The van der Waals surface area contributed by atoms with Crippen molar-refractivity contribution >= 4 is 10.0 Å². The van der Waals surface area contributed by atoms with Gasteiger partial charge in [0.25, 0.3) is 0 Å². The van der Waals surface area contributed by atoms with Gasteiger partial charge in [0.05, 0.1) is 19.1 Å². The predicted molar refractivity (Wildman–Crippen MR) is 96.9 cm³/mol. The fourth-order valence-electron chi connectivity index (χ4n) is 3.44. The van der Waals surface area contributed by atoms with E-state index in [4.69, 9.17) is 9.47 Å². The number of hydrogen-bond acceptors (Lipinski definition) is 4. The van der Waals surface area contributed by atoms with E-state index < -0.39 is 10.0 Å². The van der Waals surface area contributed by atoms with Crippen LogP contribution in [0.3, 0.4) is 0 Å². The van der Waals surface area contributed by atoms with Gasteiger partial charge in [-0.25, -0.2) is 8.42 Å². The van der Waals surface area contributed by atoms with E-state index in [0.717, 1.165) is 11.1 Å². The summed E-state index contributed by atoms with van der Waals surface area (Å²) in [4.78, 5) is 0.331. The summed E-state index contributed by atoms with van der Waals surface area (Å²) < 4.78 is 38.5. The van der Waals surface area contributed by atoms with E-state index >= 15 is 0 Å². The van der Waals surface area contributed by atoms with E-state index in [1.165, 1.54) is 0 Å². The quantitative estimate of drug-likeness (QED) is 0.840. The first-order chi connectivity index (χ1) is 12.0. The zero-order valence-corrected chi connectivity index (χ0v) is 15.5. The Bertz CT molecular complexity index is 849. The minimum Gasteiger partial charge on any atom is -0.493 e. The topological polar surface area (TPSA) is 55.8 Å². The molecule has 0 aromatic heterocycles. The maximum absolute atomic E-state index is 13.0. The first-order valence-electron chi connectivity index (χ1n) is 8.28. The lowest BCUT2D eigenvalue weighted by Crippen LogP contribution is -2.34. The monoisotopic (exact) mass is 361 g/mol. The maximum atomic E-state index is 13.0. The number of benzene rings is 2. The summed E-state index contributed by atoms with van der Waals surface area (Å²) in [7, 11) is -0.282. The standard InChI is InChI=1S/C19H23NO4S/c1-14-13-20(25(21,22)16-7-5-4-6-8-16)12-11-15-9-10-17(23-2)19(24-3)18(14)15/h4-10,14H,11-13H2,1-3H3. The molecule has 0 saturated carbocycles. The smallest absolute Gasteiger partial charge is 0.243 e. The molecule has 134 valence electrons. The molecule has 0 radical (unpaired) electrons. The summed E-state index contributed by atoms with van der Waals surface area (Å²) in [6.07, 6.45) is 0.645. The van der Waals surface area contributed by atoms with Crippen molar-refractivity contribution in [2.24, 2.45) is 0 Å². The second-order valence-corrected chi connectivity index (χ2v) is 8.14. The van der Waals surface area contributed by atoms with E-state index in [-0.39, 0.29) is 5.92 Å². The minimum atomic E-state index is -3.51. The van der Waals surface area contributed by atoms with Crippen molar-refractivity contribution in [1.82, 2.24) is 4.31 Å². The molecule has 1 atom stereocenters. The van der Waals surface area contributed by atoms with Gasteiger partial charge < -0.3 is 9.47 Å². The van der Waals surface area contributed by atoms with Gasteiger partial charge in [-0.2, -0.15) is 4.31 Å². The molecule has 0 spiro atoms. The third-order valence-electron chi connectivity index (χ3n) is 4.66. The molecule has 0 saturated heterocycles. The average molecular weight is 361 g/mol. The van der Waals surface area contributed by atoms with Crippen LogP contribution in [0.15, 0.2) is 47.4 Å². The zero-order chi connectivity index (χ0) is 18.0. The van der Waals surface area contributed by atoms with Crippen molar-refractivity contribution in [3.8, 4) is 11.5 Å². The molecule has 2 aromatic carbocycles. The molecular formula is C19H23NO4S. The van der Waals surface area contributed by atoms with Crippen LogP contribution in [0.25, 0.3) is 0 Å². The number of hydrogen-bond donors (Lipinski definition) is 0. The number of sulfonamides is 1. The Balaban J connectivity index is 1.99. The van der Waals surface area contributed by atoms with E-state index in [9.17, 15) is 8.42 Å². The number of ether oxygens (including phenoxy) is 2. The Kier molecular flexibility index (Phi) is 5.01. The minimum absolute atomic E-state index is 0.000960. The Morgan fingerprint density at radius 3 is 2.40 bits per heavy atom. The highest BCUT2D eigenvalue weighted by atomic mass is 32.2. The maximum Gasteiger partial charge on any atom is 0.243 e. The van der Waals surface area contributed by atoms with Gasteiger partial charge in [-0.15, -0.1) is 0 Å². The Morgan fingerprint density at radius 2 is 1.76 bits per heavy atom. The lowest BCUT2D eigenvalue weighted by atomic mass is 9.94. The van der Waals surface area contributed by atoms with Crippen LogP contribution in [0.4, 0.5) is 0 Å². The van der Waals surface area contributed by atoms with Crippen LogP contribution in [0, 0.1) is 0 Å². The molecule has 1 aliphatic rings. The number of rotatable bonds is 4. The fourth-order valence-corrected chi connectivity index (χ4v) is 4.99. The van der Waals surface area contributed by atoms with E-state index in [2.05, 4.69) is 0 Å². The Hall–Kier alpha value is -2.05. The molecular weight excluding hydrogens is 338 g/mol. The molecule has 0 fully saturated rings. The molecule has 5 nitrogen and oxygen atoms in total. The Labute approximate surface area is 149 Å². The van der Waals surface area contributed by atoms with Crippen LogP contribution in [0.1, 0.15) is 24.0 Å². The molecule has 25 heavy (non-hydrogen) atoms. The van der Waals surface area contributed by atoms with Crippen LogP contribution in [-0.2, 0) is 16.4 Å². The molecule has 0 N–H and O–H groups in total. The van der Waals surface area contributed by atoms with Crippen molar-refractivity contribution in [2.75, 3.05) is 27.3 Å². The summed E-state index contributed by atoms with van der Waals surface area (Å²) in [5, 5.41) is 0. The first kappa shape index (κ1) is 17.8. The molecule has 1 unspecified atom stereocenters. The highest BCUT2D eigenvalue weighted by molar-refractivity contribution is 7.89. The molecule has 3 rings (SSSR count). The van der Waals surface area contributed by atoms with Gasteiger partial charge >= 0.3 is 0 Å².